The van der Waals surface area contributed by atoms with Crippen LogP contribution >= 0.6 is 0 Å². The van der Waals surface area contributed by atoms with E-state index in [1.54, 1.807) is 6.07 Å². The van der Waals surface area contributed by atoms with Gasteiger partial charge in [-0.2, -0.15) is 0 Å². The third-order valence-electron chi connectivity index (χ3n) is 3.40. The van der Waals surface area contributed by atoms with E-state index in [1.807, 2.05) is 25.1 Å². The lowest BCUT2D eigenvalue weighted by atomic mass is 10.0. The molecule has 1 aliphatic rings. The first-order valence-corrected chi connectivity index (χ1v) is 6.74. The van der Waals surface area contributed by atoms with E-state index < -0.39 is 0 Å². The second kappa shape index (κ2) is 6.36. The van der Waals surface area contributed by atoms with Crippen LogP contribution in [0.1, 0.15) is 36.5 Å². The van der Waals surface area contributed by atoms with Gasteiger partial charge in [0, 0.05) is 17.8 Å². The third-order valence-corrected chi connectivity index (χ3v) is 3.40. The molecule has 0 amide bonds. The number of esters is 1. The summed E-state index contributed by atoms with van der Waals surface area (Å²) in [5, 5.41) is 0. The van der Waals surface area contributed by atoms with Gasteiger partial charge < -0.3 is 9.64 Å². The van der Waals surface area contributed by atoms with Gasteiger partial charge in [0.2, 0.25) is 0 Å². The summed E-state index contributed by atoms with van der Waals surface area (Å²) < 4.78 is 5.14. The number of aldehydes is 1. The lowest BCUT2D eigenvalue weighted by Gasteiger charge is -2.35. The number of benzene rings is 1. The minimum absolute atomic E-state index is 0.168. The van der Waals surface area contributed by atoms with Crippen LogP contribution in [-0.2, 0) is 9.53 Å². The number of carbonyl (C=O) groups excluding carboxylic acids is 2. The Hall–Kier alpha value is -1.84. The molecule has 0 unspecified atom stereocenters. The number of piperidine rings is 1. The van der Waals surface area contributed by atoms with Crippen LogP contribution in [0.3, 0.4) is 0 Å². The highest BCUT2D eigenvalue weighted by Gasteiger charge is 2.29. The predicted octanol–water partition coefficient (Wildman–Crippen LogP) is 2.42. The number of anilines is 1. The molecular formula is C15H19NO3. The Morgan fingerprint density at radius 2 is 2.32 bits per heavy atom. The number of nitrogens with zero attached hydrogens (tertiary/aromatic N) is 1. The summed E-state index contributed by atoms with van der Waals surface area (Å²) in [4.78, 5) is 24.9. The van der Waals surface area contributed by atoms with Crippen molar-refractivity contribution in [3.05, 3.63) is 29.8 Å². The number of hydrogen-bond donors (Lipinski definition) is 0. The molecule has 102 valence electrons. The molecule has 0 aliphatic carbocycles. The van der Waals surface area contributed by atoms with Crippen molar-refractivity contribution in [3.8, 4) is 0 Å². The maximum Gasteiger partial charge on any atom is 0.328 e. The van der Waals surface area contributed by atoms with Crippen molar-refractivity contribution in [1.29, 1.82) is 0 Å². The fraction of sp³-hybridized carbons (Fsp3) is 0.467. The molecule has 1 atom stereocenters. The van der Waals surface area contributed by atoms with Crippen molar-refractivity contribution in [1.82, 2.24) is 0 Å². The molecule has 2 rings (SSSR count). The zero-order chi connectivity index (χ0) is 13.7. The average molecular weight is 261 g/mol. The van der Waals surface area contributed by atoms with E-state index >= 15 is 0 Å². The molecule has 0 spiro atoms. The predicted molar refractivity (Wildman–Crippen MR) is 73.4 cm³/mol. The van der Waals surface area contributed by atoms with Gasteiger partial charge in [0.15, 0.2) is 0 Å². The fourth-order valence-electron chi connectivity index (χ4n) is 2.50. The van der Waals surface area contributed by atoms with E-state index in [-0.39, 0.29) is 12.0 Å². The molecule has 4 heteroatoms. The Morgan fingerprint density at radius 1 is 1.47 bits per heavy atom. The van der Waals surface area contributed by atoms with Gasteiger partial charge in [-0.05, 0) is 38.3 Å². The van der Waals surface area contributed by atoms with E-state index in [4.69, 9.17) is 4.74 Å². The lowest BCUT2D eigenvalue weighted by molar-refractivity contribution is -0.145. The average Bonchev–Trinajstić information content (AvgIpc) is 2.47. The first-order valence-electron chi connectivity index (χ1n) is 6.74. The van der Waals surface area contributed by atoms with Gasteiger partial charge in [0.1, 0.15) is 12.3 Å². The topological polar surface area (TPSA) is 46.6 Å². The summed E-state index contributed by atoms with van der Waals surface area (Å²) in [6, 6.07) is 7.14. The molecule has 1 heterocycles. The summed E-state index contributed by atoms with van der Waals surface area (Å²) in [7, 11) is 0. The monoisotopic (exact) mass is 261 g/mol. The number of hydrogen-bond acceptors (Lipinski definition) is 4. The molecule has 1 aromatic rings. The minimum Gasteiger partial charge on any atom is -0.464 e. The van der Waals surface area contributed by atoms with Crippen molar-refractivity contribution >= 4 is 17.9 Å². The number of rotatable bonds is 4. The molecule has 1 aromatic carbocycles. The van der Waals surface area contributed by atoms with Crippen LogP contribution in [-0.4, -0.2) is 31.4 Å². The van der Waals surface area contributed by atoms with Gasteiger partial charge in [-0.3, -0.25) is 4.79 Å². The van der Waals surface area contributed by atoms with E-state index in [2.05, 4.69) is 4.90 Å². The largest absolute Gasteiger partial charge is 0.464 e. The Kier molecular flexibility index (Phi) is 4.55. The van der Waals surface area contributed by atoms with E-state index in [9.17, 15) is 9.59 Å². The molecule has 1 fully saturated rings. The Balaban J connectivity index is 2.23. The second-order valence-corrected chi connectivity index (χ2v) is 4.67. The maximum absolute atomic E-state index is 12.0. The van der Waals surface area contributed by atoms with Crippen molar-refractivity contribution in [3.63, 3.8) is 0 Å². The second-order valence-electron chi connectivity index (χ2n) is 4.67. The summed E-state index contributed by atoms with van der Waals surface area (Å²) in [6.45, 7) is 3.04. The van der Waals surface area contributed by atoms with Gasteiger partial charge in [-0.25, -0.2) is 4.79 Å². The first kappa shape index (κ1) is 13.6. The van der Waals surface area contributed by atoms with E-state index in [1.165, 1.54) is 0 Å². The molecule has 0 N–H and O–H groups in total. The quantitative estimate of drug-likeness (QED) is 0.617. The molecule has 0 radical (unpaired) electrons. The highest BCUT2D eigenvalue weighted by Crippen LogP contribution is 2.26. The standard InChI is InChI=1S/C15H19NO3/c1-2-19-15(18)14-8-3-4-9-16(14)13-7-5-6-12(10-13)11-17/h5-7,10-11,14H,2-4,8-9H2,1H3/t14-/m1/s1. The van der Waals surface area contributed by atoms with Crippen molar-refractivity contribution in [2.75, 3.05) is 18.1 Å². The normalized spacial score (nSPS) is 19.0. The Morgan fingerprint density at radius 3 is 3.05 bits per heavy atom. The van der Waals surface area contributed by atoms with Crippen LogP contribution < -0.4 is 4.90 Å². The summed E-state index contributed by atoms with van der Waals surface area (Å²) in [5.74, 6) is -0.168. The highest BCUT2D eigenvalue weighted by atomic mass is 16.5. The molecule has 0 bridgehead atoms. The van der Waals surface area contributed by atoms with Crippen molar-refractivity contribution in [2.45, 2.75) is 32.2 Å². The van der Waals surface area contributed by atoms with Gasteiger partial charge in [-0.1, -0.05) is 12.1 Å². The molecule has 4 nitrogen and oxygen atoms in total. The Bertz CT molecular complexity index is 458. The van der Waals surface area contributed by atoms with Crippen LogP contribution in [0.5, 0.6) is 0 Å². The zero-order valence-corrected chi connectivity index (χ0v) is 11.2. The van der Waals surface area contributed by atoms with Gasteiger partial charge in [-0.15, -0.1) is 0 Å². The summed E-state index contributed by atoms with van der Waals surface area (Å²) >= 11 is 0. The highest BCUT2D eigenvalue weighted by molar-refractivity contribution is 5.82. The number of carbonyl (C=O) groups is 2. The lowest BCUT2D eigenvalue weighted by Crippen LogP contribution is -2.45. The fourth-order valence-corrected chi connectivity index (χ4v) is 2.50. The molecule has 19 heavy (non-hydrogen) atoms. The summed E-state index contributed by atoms with van der Waals surface area (Å²) in [5.41, 5.74) is 1.55. The van der Waals surface area contributed by atoms with E-state index in [0.717, 1.165) is 37.8 Å². The van der Waals surface area contributed by atoms with Crippen molar-refractivity contribution < 1.29 is 14.3 Å². The molecular weight excluding hydrogens is 242 g/mol. The number of ether oxygens (including phenoxy) is 1. The minimum atomic E-state index is -0.226. The molecule has 0 aromatic heterocycles. The third kappa shape index (κ3) is 3.13. The molecule has 0 saturated carbocycles. The maximum atomic E-state index is 12.0. The van der Waals surface area contributed by atoms with Gasteiger partial charge >= 0.3 is 5.97 Å². The zero-order valence-electron chi connectivity index (χ0n) is 11.2. The Labute approximate surface area is 113 Å². The van der Waals surface area contributed by atoms with Gasteiger partial charge in [0.05, 0.1) is 6.61 Å². The van der Waals surface area contributed by atoms with Crippen LogP contribution in [0.2, 0.25) is 0 Å². The van der Waals surface area contributed by atoms with Crippen molar-refractivity contribution in [2.24, 2.45) is 0 Å². The van der Waals surface area contributed by atoms with Crippen LogP contribution in [0.15, 0.2) is 24.3 Å². The SMILES string of the molecule is CCOC(=O)[C@H]1CCCCN1c1cccc(C=O)c1. The molecule has 1 aliphatic heterocycles. The first-order chi connectivity index (χ1) is 9.26. The van der Waals surface area contributed by atoms with Crippen LogP contribution in [0.25, 0.3) is 0 Å². The summed E-state index contributed by atoms with van der Waals surface area (Å²) in [6.07, 6.45) is 3.73. The smallest absolute Gasteiger partial charge is 0.328 e. The van der Waals surface area contributed by atoms with Crippen LogP contribution in [0.4, 0.5) is 5.69 Å². The molecule has 1 saturated heterocycles. The van der Waals surface area contributed by atoms with Crippen LogP contribution in [0, 0.1) is 0 Å². The van der Waals surface area contributed by atoms with E-state index in [0.29, 0.717) is 12.2 Å². The van der Waals surface area contributed by atoms with Gasteiger partial charge in [0.25, 0.3) is 0 Å².